The maximum absolute atomic E-state index is 13.1. The summed E-state index contributed by atoms with van der Waals surface area (Å²) in [5.74, 6) is 0.366. The largest absolute Gasteiger partial charge is 0.379 e. The molecule has 2 aromatic rings. The van der Waals surface area contributed by atoms with Gasteiger partial charge in [-0.1, -0.05) is 5.16 Å². The molecular formula is C19H27N5O5S2. The first kappa shape index (κ1) is 22.3. The number of aromatic nitrogens is 2. The first-order chi connectivity index (χ1) is 14.9. The van der Waals surface area contributed by atoms with Crippen LogP contribution in [0.2, 0.25) is 0 Å². The Kier molecular flexibility index (Phi) is 7.02. The van der Waals surface area contributed by atoms with Gasteiger partial charge in [0.15, 0.2) is 0 Å². The second-order valence-corrected chi connectivity index (χ2v) is 10.8. The summed E-state index contributed by atoms with van der Waals surface area (Å²) in [7, 11) is -3.68. The average molecular weight is 470 g/mol. The molecule has 10 nitrogen and oxygen atoms in total. The molecule has 0 unspecified atom stereocenters. The number of nitrogens with zero attached hydrogens (tertiary/aromatic N) is 4. The van der Waals surface area contributed by atoms with E-state index in [9.17, 15) is 13.2 Å². The number of amides is 1. The molecule has 1 amide bonds. The fraction of sp³-hybridized carbons (Fsp3) is 0.632. The molecule has 0 saturated carbocycles. The van der Waals surface area contributed by atoms with Gasteiger partial charge in [0.05, 0.1) is 19.1 Å². The molecule has 12 heteroatoms. The fourth-order valence-corrected chi connectivity index (χ4v) is 6.63. The summed E-state index contributed by atoms with van der Waals surface area (Å²) in [5.41, 5.74) is 0.606. The molecule has 2 aliphatic heterocycles. The maximum atomic E-state index is 13.1. The molecule has 0 radical (unpaired) electrons. The van der Waals surface area contributed by atoms with Crippen molar-refractivity contribution < 1.29 is 22.5 Å². The second-order valence-electron chi connectivity index (χ2n) is 7.74. The molecule has 0 spiro atoms. The number of hydrogen-bond acceptors (Lipinski definition) is 9. The lowest BCUT2D eigenvalue weighted by Gasteiger charge is -2.31. The standard InChI is InChI=1S/C19H27N5O5S2/c1-14-21-18(22-29-14)16-11-17(30-13-16)31(26,27)24-5-2-3-15(12-24)19(25)20-4-6-23-7-9-28-10-8-23/h11,13,15H,2-10,12H2,1H3,(H,20,25)/t15-/m0/s1. The number of piperidine rings is 1. The van der Waals surface area contributed by atoms with Crippen molar-refractivity contribution in [1.29, 1.82) is 0 Å². The van der Waals surface area contributed by atoms with E-state index in [1.54, 1.807) is 18.4 Å². The molecule has 2 aliphatic rings. The number of morpholine rings is 1. The third-order valence-electron chi connectivity index (χ3n) is 5.54. The molecular weight excluding hydrogens is 442 g/mol. The van der Waals surface area contributed by atoms with Crippen LogP contribution in [0.5, 0.6) is 0 Å². The molecule has 0 bridgehead atoms. The number of carbonyl (C=O) groups excluding carboxylic acids is 1. The van der Waals surface area contributed by atoms with Crippen molar-refractivity contribution >= 4 is 27.3 Å². The molecule has 4 rings (SSSR count). The third-order valence-corrected chi connectivity index (χ3v) is 8.82. The van der Waals surface area contributed by atoms with Gasteiger partial charge in [-0.2, -0.15) is 9.29 Å². The Bertz CT molecular complexity index is 999. The monoisotopic (exact) mass is 469 g/mol. The molecule has 170 valence electrons. The minimum absolute atomic E-state index is 0.0812. The number of thiophene rings is 1. The lowest BCUT2D eigenvalue weighted by atomic mass is 9.99. The Balaban J connectivity index is 1.34. The van der Waals surface area contributed by atoms with Crippen molar-refractivity contribution in [2.24, 2.45) is 5.92 Å². The first-order valence-corrected chi connectivity index (χ1v) is 12.7. The van der Waals surface area contributed by atoms with Gasteiger partial charge in [-0.15, -0.1) is 11.3 Å². The van der Waals surface area contributed by atoms with Gasteiger partial charge in [0.1, 0.15) is 4.21 Å². The van der Waals surface area contributed by atoms with Gasteiger partial charge in [0.2, 0.25) is 17.6 Å². The number of rotatable bonds is 7. The van der Waals surface area contributed by atoms with Gasteiger partial charge in [0, 0.05) is 57.1 Å². The molecule has 1 N–H and O–H groups in total. The number of ether oxygens (including phenoxy) is 1. The van der Waals surface area contributed by atoms with E-state index in [0.717, 1.165) is 44.2 Å². The highest BCUT2D eigenvalue weighted by Crippen LogP contribution is 2.31. The normalized spacial score (nSPS) is 21.3. The van der Waals surface area contributed by atoms with Crippen LogP contribution in [0.4, 0.5) is 0 Å². The SMILES string of the molecule is Cc1nc(-c2csc(S(=O)(=O)N3CCC[C@H](C(=O)NCCN4CCOCC4)C3)c2)no1. The van der Waals surface area contributed by atoms with Crippen LogP contribution >= 0.6 is 11.3 Å². The molecule has 0 aliphatic carbocycles. The average Bonchev–Trinajstić information content (AvgIpc) is 3.44. The summed E-state index contributed by atoms with van der Waals surface area (Å²) in [4.78, 5) is 19.0. The Hall–Kier alpha value is -1.86. The summed E-state index contributed by atoms with van der Waals surface area (Å²) < 4.78 is 38.2. The van der Waals surface area contributed by atoms with E-state index in [-0.39, 0.29) is 22.6 Å². The van der Waals surface area contributed by atoms with Crippen molar-refractivity contribution in [1.82, 2.24) is 24.7 Å². The van der Waals surface area contributed by atoms with E-state index in [1.807, 2.05) is 0 Å². The summed E-state index contributed by atoms with van der Waals surface area (Å²) in [6.45, 7) is 6.81. The van der Waals surface area contributed by atoms with Crippen LogP contribution in [0.15, 0.2) is 20.2 Å². The van der Waals surface area contributed by atoms with E-state index < -0.39 is 10.0 Å². The van der Waals surface area contributed by atoms with Crippen LogP contribution in [0.3, 0.4) is 0 Å². The first-order valence-electron chi connectivity index (χ1n) is 10.4. The maximum Gasteiger partial charge on any atom is 0.252 e. The van der Waals surface area contributed by atoms with Gasteiger partial charge in [-0.3, -0.25) is 9.69 Å². The molecule has 31 heavy (non-hydrogen) atoms. The van der Waals surface area contributed by atoms with Crippen molar-refractivity contribution in [3.8, 4) is 11.4 Å². The highest BCUT2D eigenvalue weighted by atomic mass is 32.2. The van der Waals surface area contributed by atoms with Crippen molar-refractivity contribution in [2.75, 3.05) is 52.5 Å². The topological polar surface area (TPSA) is 118 Å². The third kappa shape index (κ3) is 5.32. The second kappa shape index (κ2) is 9.74. The van der Waals surface area contributed by atoms with Gasteiger partial charge >= 0.3 is 0 Å². The Labute approximate surface area is 185 Å². The van der Waals surface area contributed by atoms with E-state index in [2.05, 4.69) is 20.4 Å². The minimum Gasteiger partial charge on any atom is -0.379 e. The van der Waals surface area contributed by atoms with Gasteiger partial charge in [-0.05, 0) is 18.9 Å². The fourth-order valence-electron chi connectivity index (χ4n) is 3.79. The van der Waals surface area contributed by atoms with Gasteiger partial charge < -0.3 is 14.6 Å². The zero-order valence-corrected chi connectivity index (χ0v) is 19.1. The highest BCUT2D eigenvalue weighted by Gasteiger charge is 2.34. The van der Waals surface area contributed by atoms with Crippen molar-refractivity contribution in [2.45, 2.75) is 24.0 Å². The van der Waals surface area contributed by atoms with Crippen LogP contribution in [0.25, 0.3) is 11.4 Å². The predicted octanol–water partition coefficient (Wildman–Crippen LogP) is 0.956. The molecule has 4 heterocycles. The lowest BCUT2D eigenvalue weighted by molar-refractivity contribution is -0.126. The molecule has 2 fully saturated rings. The number of sulfonamides is 1. The van der Waals surface area contributed by atoms with E-state index in [4.69, 9.17) is 9.26 Å². The smallest absolute Gasteiger partial charge is 0.252 e. The van der Waals surface area contributed by atoms with Crippen LogP contribution in [-0.2, 0) is 19.6 Å². The molecule has 0 aromatic carbocycles. The van der Waals surface area contributed by atoms with E-state index in [1.165, 1.54) is 4.31 Å². The highest BCUT2D eigenvalue weighted by molar-refractivity contribution is 7.91. The number of aryl methyl sites for hydroxylation is 1. The molecule has 2 saturated heterocycles. The summed E-state index contributed by atoms with van der Waals surface area (Å²) >= 11 is 1.13. The number of nitrogens with one attached hydrogen (secondary N) is 1. The number of hydrogen-bond donors (Lipinski definition) is 1. The van der Waals surface area contributed by atoms with Crippen LogP contribution in [0, 0.1) is 12.8 Å². The zero-order valence-electron chi connectivity index (χ0n) is 17.4. The Morgan fingerprint density at radius 3 is 2.87 bits per heavy atom. The van der Waals surface area contributed by atoms with Crippen molar-refractivity contribution in [3.05, 3.63) is 17.3 Å². The van der Waals surface area contributed by atoms with Crippen LogP contribution in [-0.4, -0.2) is 86.2 Å². The quantitative estimate of drug-likeness (QED) is 0.637. The molecule has 2 aromatic heterocycles. The van der Waals surface area contributed by atoms with Gasteiger partial charge in [-0.25, -0.2) is 8.42 Å². The Morgan fingerprint density at radius 1 is 1.32 bits per heavy atom. The summed E-state index contributed by atoms with van der Waals surface area (Å²) in [6.07, 6.45) is 1.34. The zero-order chi connectivity index (χ0) is 21.8. The number of carbonyl (C=O) groups is 1. The molecule has 1 atom stereocenters. The predicted molar refractivity (Wildman–Crippen MR) is 114 cm³/mol. The van der Waals surface area contributed by atoms with E-state index >= 15 is 0 Å². The lowest BCUT2D eigenvalue weighted by Crippen LogP contribution is -2.47. The van der Waals surface area contributed by atoms with Crippen molar-refractivity contribution in [3.63, 3.8) is 0 Å². The van der Waals surface area contributed by atoms with Gasteiger partial charge in [0.25, 0.3) is 10.0 Å². The Morgan fingerprint density at radius 2 is 2.13 bits per heavy atom. The summed E-state index contributed by atoms with van der Waals surface area (Å²) in [6, 6.07) is 1.57. The minimum atomic E-state index is -3.68. The van der Waals surface area contributed by atoms with Crippen LogP contribution < -0.4 is 5.32 Å². The van der Waals surface area contributed by atoms with Crippen LogP contribution in [0.1, 0.15) is 18.7 Å². The summed E-state index contributed by atoms with van der Waals surface area (Å²) in [5, 5.41) is 8.52. The van der Waals surface area contributed by atoms with E-state index in [0.29, 0.717) is 43.2 Å².